The van der Waals surface area contributed by atoms with E-state index in [-0.39, 0.29) is 17.5 Å². The summed E-state index contributed by atoms with van der Waals surface area (Å²) in [6, 6.07) is 3.19. The first-order chi connectivity index (χ1) is 8.79. The molecule has 0 unspecified atom stereocenters. The monoisotopic (exact) mass is 337 g/mol. The van der Waals surface area contributed by atoms with Gasteiger partial charge in [0.25, 0.3) is 0 Å². The number of carbonyl (C=O) groups excluding carboxylic acids is 1. The first-order valence-corrected chi connectivity index (χ1v) is 6.76. The maximum atomic E-state index is 12.6. The molecule has 0 saturated carbocycles. The lowest BCUT2D eigenvalue weighted by Crippen LogP contribution is -2.22. The second-order valence-electron chi connectivity index (χ2n) is 4.20. The molecule has 2 nitrogen and oxygen atoms in total. The van der Waals surface area contributed by atoms with Gasteiger partial charge in [0.05, 0.1) is 11.3 Å². The van der Waals surface area contributed by atoms with Crippen LogP contribution in [0.2, 0.25) is 0 Å². The molecule has 0 aliphatic carbocycles. The minimum atomic E-state index is -4.42. The Morgan fingerprint density at radius 2 is 1.89 bits per heavy atom. The molecule has 19 heavy (non-hydrogen) atoms. The zero-order valence-corrected chi connectivity index (χ0v) is 12.2. The van der Waals surface area contributed by atoms with Crippen molar-refractivity contribution in [2.24, 2.45) is 5.92 Å². The van der Waals surface area contributed by atoms with Crippen molar-refractivity contribution in [1.29, 1.82) is 0 Å². The molecule has 0 spiro atoms. The van der Waals surface area contributed by atoms with Crippen LogP contribution in [-0.2, 0) is 11.0 Å². The molecule has 0 aliphatic rings. The van der Waals surface area contributed by atoms with Crippen LogP contribution in [0.4, 0.5) is 18.9 Å². The third-order valence-electron chi connectivity index (χ3n) is 2.91. The summed E-state index contributed by atoms with van der Waals surface area (Å²) in [6.07, 6.45) is -3.12. The number of hydrogen-bond donors (Lipinski definition) is 1. The molecular formula is C13H15BrF3NO. The lowest BCUT2D eigenvalue weighted by atomic mass is 10.0. The summed E-state index contributed by atoms with van der Waals surface area (Å²) in [7, 11) is 0. The van der Waals surface area contributed by atoms with Crippen LogP contribution in [0.25, 0.3) is 0 Å². The number of nitrogens with one attached hydrogen (secondary N) is 1. The van der Waals surface area contributed by atoms with E-state index in [2.05, 4.69) is 21.2 Å². The highest BCUT2D eigenvalue weighted by Crippen LogP contribution is 2.34. The van der Waals surface area contributed by atoms with E-state index in [1.54, 1.807) is 0 Å². The predicted octanol–water partition coefficient (Wildman–Crippen LogP) is 4.84. The maximum Gasteiger partial charge on any atom is 0.416 e. The van der Waals surface area contributed by atoms with Gasteiger partial charge in [0.1, 0.15) is 0 Å². The summed E-state index contributed by atoms with van der Waals surface area (Å²) < 4.78 is 38.2. The first kappa shape index (κ1) is 16.0. The number of anilines is 1. The van der Waals surface area contributed by atoms with Crippen molar-refractivity contribution in [3.8, 4) is 0 Å². The van der Waals surface area contributed by atoms with Gasteiger partial charge in [-0.3, -0.25) is 4.79 Å². The third-order valence-corrected chi connectivity index (χ3v) is 3.60. The summed E-state index contributed by atoms with van der Waals surface area (Å²) in [5, 5.41) is 2.54. The fraction of sp³-hybridized carbons (Fsp3) is 0.462. The number of benzene rings is 1. The summed E-state index contributed by atoms with van der Waals surface area (Å²) in [5.41, 5.74) is -0.637. The van der Waals surface area contributed by atoms with Gasteiger partial charge in [-0.25, -0.2) is 0 Å². The summed E-state index contributed by atoms with van der Waals surface area (Å²) in [6.45, 7) is 3.74. The number of carbonyl (C=O) groups is 1. The molecule has 1 amide bonds. The van der Waals surface area contributed by atoms with Gasteiger partial charge < -0.3 is 5.32 Å². The Kier molecular flexibility index (Phi) is 5.40. The van der Waals surface area contributed by atoms with Crippen LogP contribution in [0, 0.1) is 5.92 Å². The van der Waals surface area contributed by atoms with Gasteiger partial charge in [0, 0.05) is 10.4 Å². The van der Waals surface area contributed by atoms with Crippen molar-refractivity contribution in [2.45, 2.75) is 32.9 Å². The highest BCUT2D eigenvalue weighted by Gasteiger charge is 2.31. The molecule has 0 radical (unpaired) electrons. The topological polar surface area (TPSA) is 29.1 Å². The van der Waals surface area contributed by atoms with Gasteiger partial charge in [-0.15, -0.1) is 0 Å². The normalized spacial score (nSPS) is 11.7. The molecule has 1 rings (SSSR count). The molecule has 0 aliphatic heterocycles. The Morgan fingerprint density at radius 3 is 2.37 bits per heavy atom. The molecule has 1 N–H and O–H groups in total. The van der Waals surface area contributed by atoms with Crippen LogP contribution in [0.5, 0.6) is 0 Å². The Bertz CT molecular complexity index is 456. The molecular weight excluding hydrogens is 323 g/mol. The second kappa shape index (κ2) is 6.41. The van der Waals surface area contributed by atoms with Crippen LogP contribution in [0.3, 0.4) is 0 Å². The Balaban J connectivity index is 2.98. The minimum absolute atomic E-state index is 0.145. The Labute approximate surface area is 118 Å². The predicted molar refractivity (Wildman–Crippen MR) is 71.8 cm³/mol. The zero-order valence-electron chi connectivity index (χ0n) is 10.6. The molecule has 1 aromatic rings. The van der Waals surface area contributed by atoms with E-state index in [0.717, 1.165) is 12.1 Å². The van der Waals surface area contributed by atoms with E-state index in [1.807, 2.05) is 13.8 Å². The lowest BCUT2D eigenvalue weighted by Gasteiger charge is -2.15. The standard InChI is InChI=1S/C13H15BrF3NO/c1-3-8(4-2)12(19)18-11-7-9(13(15,16)17)5-6-10(11)14/h5-8H,3-4H2,1-2H3,(H,18,19). The highest BCUT2D eigenvalue weighted by molar-refractivity contribution is 9.10. The SMILES string of the molecule is CCC(CC)C(=O)Nc1cc(C(F)(F)F)ccc1Br. The van der Waals surface area contributed by atoms with E-state index in [4.69, 9.17) is 0 Å². The molecule has 0 saturated heterocycles. The molecule has 0 aromatic heterocycles. The molecule has 0 heterocycles. The largest absolute Gasteiger partial charge is 0.416 e. The Hall–Kier alpha value is -1.04. The maximum absolute atomic E-state index is 12.6. The van der Waals surface area contributed by atoms with Crippen LogP contribution >= 0.6 is 15.9 Å². The van der Waals surface area contributed by atoms with Gasteiger partial charge in [0.15, 0.2) is 0 Å². The van der Waals surface area contributed by atoms with Crippen molar-refractivity contribution < 1.29 is 18.0 Å². The Morgan fingerprint density at radius 1 is 1.32 bits per heavy atom. The van der Waals surface area contributed by atoms with Crippen molar-refractivity contribution in [2.75, 3.05) is 5.32 Å². The van der Waals surface area contributed by atoms with Gasteiger partial charge in [-0.1, -0.05) is 13.8 Å². The lowest BCUT2D eigenvalue weighted by molar-refractivity contribution is -0.137. The van der Waals surface area contributed by atoms with E-state index in [0.29, 0.717) is 17.3 Å². The average Bonchev–Trinajstić information content (AvgIpc) is 2.32. The number of hydrogen-bond acceptors (Lipinski definition) is 1. The summed E-state index contributed by atoms with van der Waals surface area (Å²) in [5.74, 6) is -0.452. The number of rotatable bonds is 4. The van der Waals surface area contributed by atoms with Gasteiger partial charge >= 0.3 is 6.18 Å². The van der Waals surface area contributed by atoms with E-state index in [9.17, 15) is 18.0 Å². The van der Waals surface area contributed by atoms with Crippen LogP contribution in [0.15, 0.2) is 22.7 Å². The average molecular weight is 338 g/mol. The summed E-state index contributed by atoms with van der Waals surface area (Å²) >= 11 is 3.14. The van der Waals surface area contributed by atoms with Crippen molar-refractivity contribution in [3.63, 3.8) is 0 Å². The number of halogens is 4. The van der Waals surface area contributed by atoms with Crippen molar-refractivity contribution in [3.05, 3.63) is 28.2 Å². The van der Waals surface area contributed by atoms with Crippen LogP contribution in [0.1, 0.15) is 32.3 Å². The quantitative estimate of drug-likeness (QED) is 0.836. The van der Waals surface area contributed by atoms with Crippen molar-refractivity contribution >= 4 is 27.5 Å². The van der Waals surface area contributed by atoms with E-state index >= 15 is 0 Å². The van der Waals surface area contributed by atoms with Crippen molar-refractivity contribution in [1.82, 2.24) is 0 Å². The number of amides is 1. The fourth-order valence-electron chi connectivity index (χ4n) is 1.69. The molecule has 0 bridgehead atoms. The minimum Gasteiger partial charge on any atom is -0.325 e. The molecule has 0 fully saturated rings. The third kappa shape index (κ3) is 4.23. The smallest absolute Gasteiger partial charge is 0.325 e. The molecule has 106 valence electrons. The second-order valence-corrected chi connectivity index (χ2v) is 5.05. The summed E-state index contributed by atoms with van der Waals surface area (Å²) in [4.78, 5) is 11.9. The molecule has 0 atom stereocenters. The van der Waals surface area contributed by atoms with Gasteiger partial charge in [-0.2, -0.15) is 13.2 Å². The van der Waals surface area contributed by atoms with E-state index < -0.39 is 11.7 Å². The van der Waals surface area contributed by atoms with Crippen LogP contribution in [-0.4, -0.2) is 5.91 Å². The first-order valence-electron chi connectivity index (χ1n) is 5.97. The van der Waals surface area contributed by atoms with Crippen LogP contribution < -0.4 is 5.32 Å². The molecule has 1 aromatic carbocycles. The zero-order chi connectivity index (χ0) is 14.6. The van der Waals surface area contributed by atoms with E-state index in [1.165, 1.54) is 6.07 Å². The fourth-order valence-corrected chi connectivity index (χ4v) is 2.04. The van der Waals surface area contributed by atoms with Gasteiger partial charge in [-0.05, 0) is 47.0 Å². The molecule has 6 heteroatoms. The number of alkyl halides is 3. The van der Waals surface area contributed by atoms with Gasteiger partial charge in [0.2, 0.25) is 5.91 Å². The highest BCUT2D eigenvalue weighted by atomic mass is 79.9.